The average Bonchev–Trinajstić information content (AvgIpc) is 3.40. The van der Waals surface area contributed by atoms with Gasteiger partial charge in [-0.25, -0.2) is 9.18 Å². The Balaban J connectivity index is 1.54. The Labute approximate surface area is 313 Å². The molecule has 0 bridgehead atoms. The van der Waals surface area contributed by atoms with Gasteiger partial charge >= 0.3 is 29.8 Å². The molecule has 13 nitrogen and oxygen atoms in total. The number of carbonyl (C=O) groups is 5. The van der Waals surface area contributed by atoms with Gasteiger partial charge in [-0.05, 0) is 42.8 Å². The maximum atomic E-state index is 15.3. The van der Waals surface area contributed by atoms with E-state index in [0.29, 0.717) is 21.6 Å². The van der Waals surface area contributed by atoms with Crippen molar-refractivity contribution < 1.29 is 61.5 Å². The van der Waals surface area contributed by atoms with Gasteiger partial charge in [-0.3, -0.25) is 19.2 Å². The van der Waals surface area contributed by atoms with E-state index in [1.54, 1.807) is 24.3 Å². The molecule has 1 spiro atoms. The van der Waals surface area contributed by atoms with Crippen LogP contribution < -0.4 is 9.64 Å². The van der Waals surface area contributed by atoms with Crippen molar-refractivity contribution >= 4 is 45.6 Å². The molecule has 6 rings (SSSR count). The Bertz CT molecular complexity index is 2030. The molecule has 0 radical (unpaired) electrons. The highest BCUT2D eigenvalue weighted by molar-refractivity contribution is 8.32. The molecule has 0 saturated carbocycles. The minimum atomic E-state index is -1.97. The van der Waals surface area contributed by atoms with Crippen molar-refractivity contribution in [2.75, 3.05) is 38.1 Å². The summed E-state index contributed by atoms with van der Waals surface area (Å²) in [7, 11) is 1.88. The number of hydrogen-bond donors (Lipinski definition) is 0. The number of fused-ring (bicyclic) bond motifs is 6. The molecule has 15 heteroatoms. The van der Waals surface area contributed by atoms with Gasteiger partial charge in [-0.2, -0.15) is 10.0 Å². The summed E-state index contributed by atoms with van der Waals surface area (Å²) in [6.07, 6.45) is -3.15. The molecule has 6 atom stereocenters. The van der Waals surface area contributed by atoms with Crippen LogP contribution in [0.4, 0.5) is 10.1 Å². The van der Waals surface area contributed by atoms with Gasteiger partial charge in [0.15, 0.2) is 17.8 Å². The molecule has 1 unspecified atom stereocenters. The Morgan fingerprint density at radius 2 is 1.43 bits per heavy atom. The second kappa shape index (κ2) is 14.6. The van der Waals surface area contributed by atoms with Crippen molar-refractivity contribution in [3.05, 3.63) is 82.4 Å². The predicted molar refractivity (Wildman–Crippen MR) is 192 cm³/mol. The Kier molecular flexibility index (Phi) is 10.4. The minimum Gasteiger partial charge on any atom is -0.463 e. The van der Waals surface area contributed by atoms with Crippen LogP contribution in [-0.2, 0) is 59.9 Å². The zero-order valence-electron chi connectivity index (χ0n) is 31.1. The summed E-state index contributed by atoms with van der Waals surface area (Å²) in [5.41, 5.74) is 1.88. The third-order valence-corrected chi connectivity index (χ3v) is 12.5. The van der Waals surface area contributed by atoms with Gasteiger partial charge in [0.05, 0.1) is 5.56 Å². The van der Waals surface area contributed by atoms with Crippen LogP contribution in [0.2, 0.25) is 0 Å². The summed E-state index contributed by atoms with van der Waals surface area (Å²) >= 11 is 0. The number of halogens is 1. The molecule has 1 fully saturated rings. The first-order chi connectivity index (χ1) is 25.5. The number of anilines is 1. The van der Waals surface area contributed by atoms with Gasteiger partial charge in [0.2, 0.25) is 12.4 Å². The summed E-state index contributed by atoms with van der Waals surface area (Å²) < 4.78 is 56.2. The van der Waals surface area contributed by atoms with Crippen molar-refractivity contribution in [3.63, 3.8) is 0 Å². The topological polar surface area (TPSA) is 153 Å². The molecular formula is C39H42FNO12S. The molecule has 3 aliphatic rings. The molecule has 0 aromatic heterocycles. The molecule has 288 valence electrons. The Hall–Kier alpha value is -5.15. The summed E-state index contributed by atoms with van der Waals surface area (Å²) in [5.74, 6) is -3.60. The molecule has 3 aromatic carbocycles. The normalized spacial score (nSPS) is 25.2. The second-order valence-electron chi connectivity index (χ2n) is 13.8. The van der Waals surface area contributed by atoms with Crippen molar-refractivity contribution in [1.29, 1.82) is 0 Å². The van der Waals surface area contributed by atoms with E-state index in [1.165, 1.54) is 6.92 Å². The quantitative estimate of drug-likeness (QED) is 0.214. The van der Waals surface area contributed by atoms with Gasteiger partial charge in [-0.15, -0.1) is 0 Å². The first-order valence-electron chi connectivity index (χ1n) is 17.1. The SMILES string of the molecule is CC(=O)OC[C@H]1O[C@@H](Oc2cc3c(cc2CF)C2(OC(=O)c4ccccc42)c2ccc(N(C)C)cc2S3(C)C)[C@H](OC(C)=O)[C@@H](OC(C)=O)[C@H]1OC(C)=O. The number of hydrogen-bond acceptors (Lipinski definition) is 13. The van der Waals surface area contributed by atoms with E-state index in [-0.39, 0.29) is 11.3 Å². The molecule has 3 heterocycles. The molecule has 3 aromatic rings. The minimum absolute atomic E-state index is 0.00213. The average molecular weight is 768 g/mol. The number of esters is 5. The maximum absolute atomic E-state index is 15.3. The Morgan fingerprint density at radius 3 is 2.06 bits per heavy atom. The van der Waals surface area contributed by atoms with Crippen molar-refractivity contribution in [2.45, 2.75) is 80.5 Å². The fraction of sp³-hybridized carbons (Fsp3) is 0.410. The smallest absolute Gasteiger partial charge is 0.340 e. The lowest BCUT2D eigenvalue weighted by Gasteiger charge is -2.48. The van der Waals surface area contributed by atoms with Crippen molar-refractivity contribution in [2.24, 2.45) is 0 Å². The second-order valence-corrected chi connectivity index (χ2v) is 17.3. The molecule has 1 saturated heterocycles. The fourth-order valence-electron chi connectivity index (χ4n) is 7.31. The van der Waals surface area contributed by atoms with Gasteiger partial charge in [0.1, 0.15) is 25.1 Å². The van der Waals surface area contributed by atoms with Crippen molar-refractivity contribution in [3.8, 4) is 5.75 Å². The first kappa shape index (κ1) is 38.6. The van der Waals surface area contributed by atoms with Crippen molar-refractivity contribution in [1.82, 2.24) is 0 Å². The zero-order valence-corrected chi connectivity index (χ0v) is 31.9. The van der Waals surface area contributed by atoms with Crippen LogP contribution in [0.1, 0.15) is 60.3 Å². The fourth-order valence-corrected chi connectivity index (χ4v) is 9.88. The van der Waals surface area contributed by atoms with Crippen LogP contribution >= 0.6 is 10.0 Å². The van der Waals surface area contributed by atoms with Gasteiger partial charge < -0.3 is 38.1 Å². The predicted octanol–water partition coefficient (Wildman–Crippen LogP) is 4.94. The number of rotatable bonds is 9. The van der Waals surface area contributed by atoms with Crippen LogP contribution in [0.3, 0.4) is 0 Å². The summed E-state index contributed by atoms with van der Waals surface area (Å²) in [6.45, 7) is 3.01. The van der Waals surface area contributed by atoms with Crippen LogP contribution in [-0.4, -0.2) is 93.8 Å². The lowest BCUT2D eigenvalue weighted by atomic mass is 9.78. The highest BCUT2D eigenvalue weighted by atomic mass is 32.3. The van der Waals surface area contributed by atoms with Crippen LogP contribution in [0, 0.1) is 0 Å². The van der Waals surface area contributed by atoms with E-state index in [4.69, 9.17) is 33.2 Å². The van der Waals surface area contributed by atoms with Crippen LogP contribution in [0.15, 0.2) is 64.4 Å². The van der Waals surface area contributed by atoms with E-state index < -0.39 is 89.5 Å². The third-order valence-electron chi connectivity index (χ3n) is 9.61. The standard InChI is InChI=1S/C39H42FNO12S/c1-20(42)47-19-31-34(48-21(2)43)35(49-22(3)44)36(50-23(4)45)38(52-31)51-30-17-33-29(15-24(30)18-40)39(27-12-10-9-11-26(27)37(46)53-39)28-14-13-25(41(5)6)16-32(28)54(33,7)8/h9-17,31,34-36,38H,18-19H2,1-8H3/t31-,34+,35+,36-,38-,39?/m1/s1. The first-order valence-corrected chi connectivity index (χ1v) is 19.5. The lowest BCUT2D eigenvalue weighted by Crippen LogP contribution is -2.63. The number of benzene rings is 3. The van der Waals surface area contributed by atoms with E-state index >= 15 is 4.39 Å². The van der Waals surface area contributed by atoms with Crippen LogP contribution in [0.5, 0.6) is 5.75 Å². The van der Waals surface area contributed by atoms with Gasteiger partial charge in [0, 0.05) is 79.5 Å². The summed E-state index contributed by atoms with van der Waals surface area (Å²) in [6, 6.07) is 16.4. The number of ether oxygens (including phenoxy) is 7. The molecule has 0 amide bonds. The largest absolute Gasteiger partial charge is 0.463 e. The number of carbonyl (C=O) groups excluding carboxylic acids is 5. The van der Waals surface area contributed by atoms with E-state index in [0.717, 1.165) is 36.9 Å². The Morgan fingerprint density at radius 1 is 0.796 bits per heavy atom. The molecule has 0 aliphatic carbocycles. The monoisotopic (exact) mass is 767 g/mol. The highest BCUT2D eigenvalue weighted by Gasteiger charge is 2.56. The molecule has 0 N–H and O–H groups in total. The number of alkyl halides is 1. The highest BCUT2D eigenvalue weighted by Crippen LogP contribution is 2.69. The molecular weight excluding hydrogens is 725 g/mol. The number of nitrogens with zero attached hydrogens (tertiary/aromatic N) is 1. The van der Waals surface area contributed by atoms with Gasteiger partial charge in [0.25, 0.3) is 0 Å². The van der Waals surface area contributed by atoms with Gasteiger partial charge in [-0.1, -0.05) is 24.3 Å². The van der Waals surface area contributed by atoms with Crippen LogP contribution in [0.25, 0.3) is 0 Å². The summed E-state index contributed by atoms with van der Waals surface area (Å²) in [4.78, 5) is 66.1. The van der Waals surface area contributed by atoms with E-state index in [2.05, 4.69) is 18.6 Å². The summed E-state index contributed by atoms with van der Waals surface area (Å²) in [5, 5.41) is 0. The maximum Gasteiger partial charge on any atom is 0.340 e. The zero-order chi connectivity index (χ0) is 39.3. The molecule has 54 heavy (non-hydrogen) atoms. The molecule has 3 aliphatic heterocycles. The third kappa shape index (κ3) is 6.74. The van der Waals surface area contributed by atoms with E-state index in [9.17, 15) is 24.0 Å². The lowest BCUT2D eigenvalue weighted by molar-refractivity contribution is -0.288. The van der Waals surface area contributed by atoms with E-state index in [1.807, 2.05) is 43.3 Å².